The molecule has 1 unspecified atom stereocenters. The molecule has 1 fully saturated rings. The first-order valence-corrected chi connectivity index (χ1v) is 8.40. The first-order chi connectivity index (χ1) is 9.22. The lowest BCUT2D eigenvalue weighted by molar-refractivity contribution is -0.137. The number of nitrogens with zero attached hydrogens (tertiary/aromatic N) is 1. The first-order valence-electron chi connectivity index (χ1n) is 6.68. The lowest BCUT2D eigenvalue weighted by Gasteiger charge is -2.23. The minimum absolute atomic E-state index is 0.0510. The van der Waals surface area contributed by atoms with Gasteiger partial charge in [-0.25, -0.2) is 13.2 Å². The van der Waals surface area contributed by atoms with Gasteiger partial charge in [0.05, 0.1) is 11.0 Å². The van der Waals surface area contributed by atoms with Crippen LogP contribution in [0.2, 0.25) is 0 Å². The Morgan fingerprint density at radius 2 is 2.05 bits per heavy atom. The molecule has 0 radical (unpaired) electrons. The molecule has 0 aromatic carbocycles. The van der Waals surface area contributed by atoms with Crippen molar-refractivity contribution in [2.24, 2.45) is 5.92 Å². The van der Waals surface area contributed by atoms with E-state index in [9.17, 15) is 18.0 Å². The SMILES string of the molecule is CC(C)CN(CC(=O)O)C(=O)NCC1CCCS1(=O)=O. The highest BCUT2D eigenvalue weighted by atomic mass is 32.2. The van der Waals surface area contributed by atoms with Gasteiger partial charge in [-0.05, 0) is 18.8 Å². The van der Waals surface area contributed by atoms with Gasteiger partial charge in [0.1, 0.15) is 6.54 Å². The van der Waals surface area contributed by atoms with E-state index in [-0.39, 0.29) is 24.8 Å². The number of urea groups is 1. The number of hydrogen-bond acceptors (Lipinski definition) is 4. The van der Waals surface area contributed by atoms with Gasteiger partial charge in [0.2, 0.25) is 0 Å². The molecule has 2 amide bonds. The van der Waals surface area contributed by atoms with Gasteiger partial charge >= 0.3 is 12.0 Å². The first kappa shape index (κ1) is 16.7. The topological polar surface area (TPSA) is 104 Å². The number of hydrogen-bond donors (Lipinski definition) is 2. The minimum atomic E-state index is -3.10. The van der Waals surface area contributed by atoms with E-state index < -0.39 is 27.1 Å². The molecule has 8 heteroatoms. The maximum absolute atomic E-state index is 11.9. The number of sulfone groups is 1. The molecule has 1 rings (SSSR count). The molecule has 1 aliphatic heterocycles. The second-order valence-corrected chi connectivity index (χ2v) is 7.89. The predicted octanol–water partition coefficient (Wildman–Crippen LogP) is 0.316. The third-order valence-electron chi connectivity index (χ3n) is 3.14. The molecule has 0 aromatic heterocycles. The van der Waals surface area contributed by atoms with Crippen LogP contribution in [0.5, 0.6) is 0 Å². The van der Waals surface area contributed by atoms with Crippen molar-refractivity contribution < 1.29 is 23.1 Å². The minimum Gasteiger partial charge on any atom is -0.480 e. The van der Waals surface area contributed by atoms with Crippen molar-refractivity contribution in [1.29, 1.82) is 0 Å². The number of aliphatic carboxylic acids is 1. The van der Waals surface area contributed by atoms with Gasteiger partial charge in [0, 0.05) is 13.1 Å². The zero-order chi connectivity index (χ0) is 15.3. The third kappa shape index (κ3) is 4.99. The van der Waals surface area contributed by atoms with Crippen LogP contribution in [0.4, 0.5) is 4.79 Å². The van der Waals surface area contributed by atoms with E-state index in [1.54, 1.807) is 0 Å². The largest absolute Gasteiger partial charge is 0.480 e. The maximum atomic E-state index is 11.9. The summed E-state index contributed by atoms with van der Waals surface area (Å²) in [6, 6.07) is -0.525. The average Bonchev–Trinajstić information content (AvgIpc) is 2.63. The molecule has 0 bridgehead atoms. The van der Waals surface area contributed by atoms with E-state index in [4.69, 9.17) is 5.11 Å². The van der Waals surface area contributed by atoms with Crippen LogP contribution in [0.15, 0.2) is 0 Å². The summed E-state index contributed by atoms with van der Waals surface area (Å²) < 4.78 is 23.3. The number of amides is 2. The average molecular weight is 306 g/mol. The van der Waals surface area contributed by atoms with Crippen LogP contribution >= 0.6 is 0 Å². The highest BCUT2D eigenvalue weighted by Crippen LogP contribution is 2.19. The van der Waals surface area contributed by atoms with Crippen LogP contribution in [0, 0.1) is 5.92 Å². The fourth-order valence-electron chi connectivity index (χ4n) is 2.22. The molecule has 1 heterocycles. The zero-order valence-corrected chi connectivity index (χ0v) is 12.6. The van der Waals surface area contributed by atoms with E-state index in [1.807, 2.05) is 13.8 Å². The van der Waals surface area contributed by atoms with Crippen molar-refractivity contribution in [2.75, 3.05) is 25.4 Å². The Bertz CT molecular complexity index is 460. The van der Waals surface area contributed by atoms with Crippen molar-refractivity contribution in [2.45, 2.75) is 31.9 Å². The molecule has 7 nitrogen and oxygen atoms in total. The molecule has 116 valence electrons. The van der Waals surface area contributed by atoms with Crippen LogP contribution < -0.4 is 5.32 Å². The van der Waals surface area contributed by atoms with Gasteiger partial charge in [-0.1, -0.05) is 13.8 Å². The van der Waals surface area contributed by atoms with E-state index >= 15 is 0 Å². The van der Waals surface area contributed by atoms with Crippen LogP contribution in [-0.4, -0.2) is 61.1 Å². The standard InChI is InChI=1S/C12H22N2O5S/c1-9(2)7-14(8-11(15)16)12(17)13-6-10-4-3-5-20(10,18)19/h9-10H,3-8H2,1-2H3,(H,13,17)(H,15,16). The van der Waals surface area contributed by atoms with Gasteiger partial charge in [-0.15, -0.1) is 0 Å². The Morgan fingerprint density at radius 3 is 2.50 bits per heavy atom. The van der Waals surface area contributed by atoms with Crippen LogP contribution in [-0.2, 0) is 14.6 Å². The maximum Gasteiger partial charge on any atom is 0.323 e. The Labute approximate surface area is 119 Å². The molecule has 1 saturated heterocycles. The number of carboxylic acids is 1. The fourth-order valence-corrected chi connectivity index (χ4v) is 3.99. The van der Waals surface area contributed by atoms with Crippen LogP contribution in [0.25, 0.3) is 0 Å². The lowest BCUT2D eigenvalue weighted by Crippen LogP contribution is -2.46. The second-order valence-electron chi connectivity index (χ2n) is 5.49. The Morgan fingerprint density at radius 1 is 1.40 bits per heavy atom. The number of nitrogens with one attached hydrogen (secondary N) is 1. The predicted molar refractivity (Wildman–Crippen MR) is 74.3 cm³/mol. The van der Waals surface area contributed by atoms with Crippen molar-refractivity contribution in [3.8, 4) is 0 Å². The molecule has 0 aromatic rings. The molecule has 0 saturated carbocycles. The normalized spacial score (nSPS) is 20.9. The Hall–Kier alpha value is -1.31. The summed E-state index contributed by atoms with van der Waals surface area (Å²) in [7, 11) is -3.10. The highest BCUT2D eigenvalue weighted by Gasteiger charge is 2.31. The van der Waals surface area contributed by atoms with Gasteiger partial charge in [0.25, 0.3) is 0 Å². The Balaban J connectivity index is 2.55. The monoisotopic (exact) mass is 306 g/mol. The zero-order valence-electron chi connectivity index (χ0n) is 11.8. The number of carbonyl (C=O) groups excluding carboxylic acids is 1. The highest BCUT2D eigenvalue weighted by molar-refractivity contribution is 7.92. The van der Waals surface area contributed by atoms with Crippen molar-refractivity contribution >= 4 is 21.8 Å². The van der Waals surface area contributed by atoms with E-state index in [2.05, 4.69) is 5.32 Å². The molecule has 1 atom stereocenters. The number of carbonyl (C=O) groups is 2. The van der Waals surface area contributed by atoms with Gasteiger partial charge < -0.3 is 15.3 Å². The summed E-state index contributed by atoms with van der Waals surface area (Å²) >= 11 is 0. The molecular weight excluding hydrogens is 284 g/mol. The molecular formula is C12H22N2O5S. The van der Waals surface area contributed by atoms with Gasteiger partial charge in [0.15, 0.2) is 9.84 Å². The smallest absolute Gasteiger partial charge is 0.323 e. The second kappa shape index (κ2) is 6.92. The molecule has 1 aliphatic rings. The summed E-state index contributed by atoms with van der Waals surface area (Å²) in [6.45, 7) is 3.74. The molecule has 2 N–H and O–H groups in total. The summed E-state index contributed by atoms with van der Waals surface area (Å²) in [5, 5.41) is 10.8. The molecule has 0 spiro atoms. The molecule has 20 heavy (non-hydrogen) atoms. The summed E-state index contributed by atoms with van der Waals surface area (Å²) in [6.07, 6.45) is 1.17. The van der Waals surface area contributed by atoms with Crippen LogP contribution in [0.3, 0.4) is 0 Å². The Kier molecular flexibility index (Phi) is 5.79. The lowest BCUT2D eigenvalue weighted by atomic mass is 10.2. The third-order valence-corrected chi connectivity index (χ3v) is 5.42. The summed E-state index contributed by atoms with van der Waals surface area (Å²) in [4.78, 5) is 23.9. The van der Waals surface area contributed by atoms with Crippen molar-refractivity contribution in [3.63, 3.8) is 0 Å². The summed E-state index contributed by atoms with van der Waals surface area (Å²) in [5.41, 5.74) is 0. The fraction of sp³-hybridized carbons (Fsp3) is 0.833. The summed E-state index contributed by atoms with van der Waals surface area (Å²) in [5.74, 6) is -0.789. The van der Waals surface area contributed by atoms with E-state index in [1.165, 1.54) is 4.90 Å². The van der Waals surface area contributed by atoms with Crippen LogP contribution in [0.1, 0.15) is 26.7 Å². The van der Waals surface area contributed by atoms with E-state index in [0.29, 0.717) is 19.4 Å². The van der Waals surface area contributed by atoms with Crippen molar-refractivity contribution in [3.05, 3.63) is 0 Å². The van der Waals surface area contributed by atoms with Gasteiger partial charge in [-0.3, -0.25) is 4.79 Å². The number of carboxylic acid groups (broad SMARTS) is 1. The van der Waals surface area contributed by atoms with E-state index in [0.717, 1.165) is 0 Å². The van der Waals surface area contributed by atoms with Gasteiger partial charge in [-0.2, -0.15) is 0 Å². The molecule has 0 aliphatic carbocycles. The quantitative estimate of drug-likeness (QED) is 0.735. The van der Waals surface area contributed by atoms with Crippen molar-refractivity contribution in [1.82, 2.24) is 10.2 Å². The number of rotatable bonds is 6.